The third-order valence-electron chi connectivity index (χ3n) is 4.44. The minimum atomic E-state index is -0.860. The van der Waals surface area contributed by atoms with Crippen molar-refractivity contribution >= 4 is 17.5 Å². The van der Waals surface area contributed by atoms with Crippen LogP contribution in [0.5, 0.6) is 5.75 Å². The molecule has 1 atom stereocenters. The van der Waals surface area contributed by atoms with Crippen LogP contribution in [0, 0.1) is 0 Å². The van der Waals surface area contributed by atoms with Crippen LogP contribution in [-0.4, -0.2) is 41.7 Å². The molecule has 4 rings (SSSR count). The van der Waals surface area contributed by atoms with Crippen molar-refractivity contribution in [3.05, 3.63) is 71.9 Å². The Hall–Kier alpha value is -3.68. The van der Waals surface area contributed by atoms with Crippen LogP contribution in [0.4, 0.5) is 5.69 Å². The monoisotopic (exact) mass is 378 g/mol. The van der Waals surface area contributed by atoms with Crippen molar-refractivity contribution in [1.82, 2.24) is 15.5 Å². The van der Waals surface area contributed by atoms with E-state index >= 15 is 0 Å². The van der Waals surface area contributed by atoms with Gasteiger partial charge in [-0.3, -0.25) is 9.59 Å². The number of carbonyl (C=O) groups excluding carboxylic acids is 2. The number of anilines is 1. The van der Waals surface area contributed by atoms with Crippen molar-refractivity contribution in [3.63, 3.8) is 0 Å². The second kappa shape index (κ2) is 7.51. The third kappa shape index (κ3) is 3.57. The Kier molecular flexibility index (Phi) is 4.76. The van der Waals surface area contributed by atoms with E-state index < -0.39 is 11.9 Å². The van der Waals surface area contributed by atoms with Gasteiger partial charge in [0.2, 0.25) is 5.89 Å². The number of nitrogens with one attached hydrogen (secondary N) is 1. The molecule has 8 heteroatoms. The molecule has 2 aromatic carbocycles. The van der Waals surface area contributed by atoms with E-state index in [-0.39, 0.29) is 18.3 Å². The van der Waals surface area contributed by atoms with Gasteiger partial charge in [-0.1, -0.05) is 47.6 Å². The van der Waals surface area contributed by atoms with Crippen molar-refractivity contribution in [2.75, 3.05) is 18.6 Å². The molecule has 1 aliphatic rings. The summed E-state index contributed by atoms with van der Waals surface area (Å²) in [6.45, 7) is 0.0145. The highest BCUT2D eigenvalue weighted by Crippen LogP contribution is 2.29. The van der Waals surface area contributed by atoms with Crippen LogP contribution in [0.25, 0.3) is 0 Å². The minimum absolute atomic E-state index is 0.0145. The molecule has 8 nitrogen and oxygen atoms in total. The number of aromatic nitrogens is 2. The maximum Gasteiger partial charge on any atom is 0.293 e. The van der Waals surface area contributed by atoms with E-state index in [1.165, 1.54) is 4.90 Å². The molecule has 0 saturated heterocycles. The molecule has 1 N–H and O–H groups in total. The van der Waals surface area contributed by atoms with E-state index in [1.54, 1.807) is 19.2 Å². The maximum atomic E-state index is 12.7. The van der Waals surface area contributed by atoms with Gasteiger partial charge in [0.25, 0.3) is 17.6 Å². The Bertz CT molecular complexity index is 1000. The molecule has 1 unspecified atom stereocenters. The van der Waals surface area contributed by atoms with E-state index in [2.05, 4.69) is 15.5 Å². The minimum Gasteiger partial charge on any atom is -0.489 e. The summed E-state index contributed by atoms with van der Waals surface area (Å²) < 4.78 is 10.8. The molecule has 3 aromatic rings. The number of para-hydroxylation sites is 2. The topological polar surface area (TPSA) is 97.6 Å². The van der Waals surface area contributed by atoms with Gasteiger partial charge in [-0.15, -0.1) is 0 Å². The molecule has 2 heterocycles. The number of hydrogen-bond acceptors (Lipinski definition) is 6. The number of amides is 2. The van der Waals surface area contributed by atoms with E-state index in [9.17, 15) is 9.59 Å². The van der Waals surface area contributed by atoms with Crippen molar-refractivity contribution in [2.24, 2.45) is 0 Å². The molecule has 0 saturated carbocycles. The zero-order chi connectivity index (χ0) is 19.5. The SMILES string of the molecule is CN1C(=O)C(NC(=O)c2noc(Cc3ccccc3)n2)COc2ccccc21. The maximum absolute atomic E-state index is 12.7. The fourth-order valence-electron chi connectivity index (χ4n) is 2.97. The van der Waals surface area contributed by atoms with Gasteiger partial charge in [-0.2, -0.15) is 4.98 Å². The first kappa shape index (κ1) is 17.7. The summed E-state index contributed by atoms with van der Waals surface area (Å²) in [6.07, 6.45) is 0.421. The van der Waals surface area contributed by atoms with Crippen molar-refractivity contribution in [2.45, 2.75) is 12.5 Å². The summed E-state index contributed by atoms with van der Waals surface area (Å²) >= 11 is 0. The van der Waals surface area contributed by atoms with Gasteiger partial charge in [-0.25, -0.2) is 0 Å². The van der Waals surface area contributed by atoms with E-state index in [1.807, 2.05) is 42.5 Å². The van der Waals surface area contributed by atoms with Crippen molar-refractivity contribution in [3.8, 4) is 5.75 Å². The predicted molar refractivity (Wildman–Crippen MR) is 100 cm³/mol. The van der Waals surface area contributed by atoms with E-state index in [4.69, 9.17) is 9.26 Å². The number of benzene rings is 2. The lowest BCUT2D eigenvalue weighted by Crippen LogP contribution is -2.49. The Labute approximate surface area is 161 Å². The highest BCUT2D eigenvalue weighted by Gasteiger charge is 2.31. The van der Waals surface area contributed by atoms with E-state index in [0.29, 0.717) is 23.7 Å². The van der Waals surface area contributed by atoms with E-state index in [0.717, 1.165) is 5.56 Å². The van der Waals surface area contributed by atoms with Gasteiger partial charge in [0.1, 0.15) is 18.4 Å². The van der Waals surface area contributed by atoms with Crippen LogP contribution in [0.3, 0.4) is 0 Å². The summed E-state index contributed by atoms with van der Waals surface area (Å²) in [6, 6.07) is 15.9. The van der Waals surface area contributed by atoms with Crippen LogP contribution in [-0.2, 0) is 11.2 Å². The van der Waals surface area contributed by atoms with Crippen LogP contribution in [0.1, 0.15) is 22.1 Å². The van der Waals surface area contributed by atoms with Crippen molar-refractivity contribution in [1.29, 1.82) is 0 Å². The summed E-state index contributed by atoms with van der Waals surface area (Å²) in [5.41, 5.74) is 1.64. The van der Waals surface area contributed by atoms with Crippen molar-refractivity contribution < 1.29 is 18.8 Å². The molecule has 0 bridgehead atoms. The Balaban J connectivity index is 1.45. The Morgan fingerprint density at radius 3 is 2.75 bits per heavy atom. The first-order chi connectivity index (χ1) is 13.6. The predicted octanol–water partition coefficient (Wildman–Crippen LogP) is 1.81. The standard InChI is InChI=1S/C20H18N4O4/c1-24-15-9-5-6-10-16(15)27-12-14(20(24)26)21-19(25)18-22-17(28-23-18)11-13-7-3-2-4-8-13/h2-10,14H,11-12H2,1H3,(H,21,25). The number of carbonyl (C=O) groups is 2. The lowest BCUT2D eigenvalue weighted by Gasteiger charge is -2.19. The van der Waals surface area contributed by atoms with Gasteiger partial charge in [0.05, 0.1) is 12.1 Å². The Morgan fingerprint density at radius 2 is 1.93 bits per heavy atom. The lowest BCUT2D eigenvalue weighted by atomic mass is 10.1. The molecule has 0 aliphatic carbocycles. The smallest absolute Gasteiger partial charge is 0.293 e. The van der Waals surface area contributed by atoms with Crippen LogP contribution >= 0.6 is 0 Å². The first-order valence-corrected chi connectivity index (χ1v) is 8.78. The fourth-order valence-corrected chi connectivity index (χ4v) is 2.97. The number of fused-ring (bicyclic) bond motifs is 1. The molecule has 142 valence electrons. The van der Waals surface area contributed by atoms with Crippen LogP contribution in [0.15, 0.2) is 59.1 Å². The second-order valence-corrected chi connectivity index (χ2v) is 6.38. The summed E-state index contributed by atoms with van der Waals surface area (Å²) in [5, 5.41) is 6.35. The molecule has 0 fully saturated rings. The number of hydrogen-bond donors (Lipinski definition) is 1. The first-order valence-electron chi connectivity index (χ1n) is 8.78. The second-order valence-electron chi connectivity index (χ2n) is 6.38. The molecule has 1 aromatic heterocycles. The van der Waals surface area contributed by atoms with Gasteiger partial charge >= 0.3 is 0 Å². The Morgan fingerprint density at radius 1 is 1.18 bits per heavy atom. The quantitative estimate of drug-likeness (QED) is 0.744. The largest absolute Gasteiger partial charge is 0.489 e. The highest BCUT2D eigenvalue weighted by atomic mass is 16.5. The number of nitrogens with zero attached hydrogens (tertiary/aromatic N) is 3. The normalized spacial score (nSPS) is 16.1. The molecule has 0 radical (unpaired) electrons. The van der Waals surface area contributed by atoms with Gasteiger partial charge in [0.15, 0.2) is 0 Å². The fraction of sp³-hybridized carbons (Fsp3) is 0.200. The summed E-state index contributed by atoms with van der Waals surface area (Å²) in [5.74, 6) is -0.0945. The van der Waals surface area contributed by atoms with Gasteiger partial charge < -0.3 is 19.5 Å². The molecule has 2 amide bonds. The zero-order valence-electron chi connectivity index (χ0n) is 15.2. The summed E-state index contributed by atoms with van der Waals surface area (Å²) in [7, 11) is 1.64. The molecule has 1 aliphatic heterocycles. The average molecular weight is 378 g/mol. The zero-order valence-corrected chi connectivity index (χ0v) is 15.2. The van der Waals surface area contributed by atoms with Crippen LogP contribution in [0.2, 0.25) is 0 Å². The van der Waals surface area contributed by atoms with Crippen LogP contribution < -0.4 is 15.0 Å². The summed E-state index contributed by atoms with van der Waals surface area (Å²) in [4.78, 5) is 30.8. The number of ether oxygens (including phenoxy) is 1. The highest BCUT2D eigenvalue weighted by molar-refractivity contribution is 6.02. The molecule has 0 spiro atoms. The number of likely N-dealkylation sites (N-methyl/N-ethyl adjacent to an activating group) is 1. The third-order valence-corrected chi connectivity index (χ3v) is 4.44. The number of rotatable bonds is 4. The van der Waals surface area contributed by atoms with Gasteiger partial charge in [0, 0.05) is 7.05 Å². The van der Waals surface area contributed by atoms with Gasteiger partial charge in [-0.05, 0) is 17.7 Å². The molecule has 28 heavy (non-hydrogen) atoms. The molecular weight excluding hydrogens is 360 g/mol. The molecular formula is C20H18N4O4. The lowest BCUT2D eigenvalue weighted by molar-refractivity contribution is -0.120. The average Bonchev–Trinajstić information content (AvgIpc) is 3.15.